The SMILES string of the molecule is CCN(CC)CCNc1nc2cc(OC)ccc2c2c1C(=O)c1cnccc1-2. The van der Waals surface area contributed by atoms with E-state index in [4.69, 9.17) is 9.72 Å². The van der Waals surface area contributed by atoms with Crippen LogP contribution in [0.3, 0.4) is 0 Å². The van der Waals surface area contributed by atoms with Crippen LogP contribution >= 0.6 is 0 Å². The Balaban J connectivity index is 1.83. The number of pyridine rings is 2. The highest BCUT2D eigenvalue weighted by molar-refractivity contribution is 6.27. The molecule has 0 unspecified atom stereocenters. The third-order valence-electron chi connectivity index (χ3n) is 5.37. The minimum Gasteiger partial charge on any atom is -0.497 e. The van der Waals surface area contributed by atoms with Crippen molar-refractivity contribution < 1.29 is 9.53 Å². The molecule has 4 rings (SSSR count). The van der Waals surface area contributed by atoms with Crippen LogP contribution in [0.4, 0.5) is 5.82 Å². The zero-order valence-corrected chi connectivity index (χ0v) is 16.5. The first-order valence-electron chi connectivity index (χ1n) is 9.65. The van der Waals surface area contributed by atoms with Crippen molar-refractivity contribution in [2.75, 3.05) is 38.6 Å². The summed E-state index contributed by atoms with van der Waals surface area (Å²) in [4.78, 5) is 24.4. The third-order valence-corrected chi connectivity index (χ3v) is 5.37. The molecule has 2 aromatic heterocycles. The molecule has 0 amide bonds. The molecule has 0 bridgehead atoms. The predicted octanol–water partition coefficient (Wildman–Crippen LogP) is 3.60. The molecule has 0 saturated heterocycles. The van der Waals surface area contributed by atoms with Gasteiger partial charge >= 0.3 is 0 Å². The Hall–Kier alpha value is -2.99. The van der Waals surface area contributed by atoms with E-state index in [0.717, 1.165) is 54.0 Å². The van der Waals surface area contributed by atoms with Crippen LogP contribution < -0.4 is 10.1 Å². The van der Waals surface area contributed by atoms with Crippen molar-refractivity contribution in [2.45, 2.75) is 13.8 Å². The number of ketones is 1. The molecule has 1 aromatic carbocycles. The van der Waals surface area contributed by atoms with Gasteiger partial charge in [-0.1, -0.05) is 13.8 Å². The van der Waals surface area contributed by atoms with E-state index in [2.05, 4.69) is 29.0 Å². The Morgan fingerprint density at radius 3 is 2.68 bits per heavy atom. The summed E-state index contributed by atoms with van der Waals surface area (Å²) < 4.78 is 5.37. The monoisotopic (exact) mass is 376 g/mol. The topological polar surface area (TPSA) is 67.3 Å². The van der Waals surface area contributed by atoms with E-state index in [0.29, 0.717) is 16.9 Å². The maximum Gasteiger partial charge on any atom is 0.199 e. The van der Waals surface area contributed by atoms with Crippen LogP contribution in [0.25, 0.3) is 22.0 Å². The number of fused-ring (bicyclic) bond motifs is 5. The Bertz CT molecular complexity index is 1040. The molecule has 0 saturated carbocycles. The summed E-state index contributed by atoms with van der Waals surface area (Å²) in [6.07, 6.45) is 3.37. The number of nitrogens with zero attached hydrogens (tertiary/aromatic N) is 3. The van der Waals surface area contributed by atoms with Gasteiger partial charge in [0, 0.05) is 48.1 Å². The Morgan fingerprint density at radius 2 is 1.93 bits per heavy atom. The number of carbonyl (C=O) groups is 1. The van der Waals surface area contributed by atoms with Crippen molar-refractivity contribution in [3.63, 3.8) is 0 Å². The smallest absolute Gasteiger partial charge is 0.199 e. The van der Waals surface area contributed by atoms with Gasteiger partial charge in [0.1, 0.15) is 11.6 Å². The van der Waals surface area contributed by atoms with Gasteiger partial charge in [0.15, 0.2) is 5.78 Å². The van der Waals surface area contributed by atoms with Gasteiger partial charge in [-0.2, -0.15) is 0 Å². The zero-order chi connectivity index (χ0) is 19.7. The molecule has 1 aliphatic carbocycles. The maximum absolute atomic E-state index is 13.1. The molecule has 3 aromatic rings. The fourth-order valence-corrected chi connectivity index (χ4v) is 3.80. The number of benzene rings is 1. The van der Waals surface area contributed by atoms with Crippen molar-refractivity contribution in [3.05, 3.63) is 47.8 Å². The number of methoxy groups -OCH3 is 1. The normalized spacial score (nSPS) is 12.4. The molecule has 2 heterocycles. The molecule has 1 aliphatic rings. The van der Waals surface area contributed by atoms with Crippen molar-refractivity contribution in [1.29, 1.82) is 0 Å². The van der Waals surface area contributed by atoms with Crippen LogP contribution in [0.15, 0.2) is 36.7 Å². The van der Waals surface area contributed by atoms with Crippen molar-refractivity contribution in [1.82, 2.24) is 14.9 Å². The number of aromatic nitrogens is 2. The van der Waals surface area contributed by atoms with Crippen LogP contribution in [0.5, 0.6) is 5.75 Å². The minimum atomic E-state index is -0.0198. The third kappa shape index (κ3) is 2.99. The largest absolute Gasteiger partial charge is 0.497 e. The second-order valence-corrected chi connectivity index (χ2v) is 6.80. The number of likely N-dealkylation sites (N-methyl/N-ethyl adjacent to an activating group) is 1. The van der Waals surface area contributed by atoms with Crippen LogP contribution in [0, 0.1) is 0 Å². The van der Waals surface area contributed by atoms with Gasteiger partial charge < -0.3 is 15.0 Å². The highest BCUT2D eigenvalue weighted by Gasteiger charge is 2.32. The fourth-order valence-electron chi connectivity index (χ4n) is 3.80. The lowest BCUT2D eigenvalue weighted by Gasteiger charge is -2.19. The molecule has 144 valence electrons. The van der Waals surface area contributed by atoms with E-state index in [1.807, 2.05) is 24.3 Å². The molecule has 6 nitrogen and oxygen atoms in total. The van der Waals surface area contributed by atoms with Crippen LogP contribution in [0.1, 0.15) is 29.8 Å². The highest BCUT2D eigenvalue weighted by Crippen LogP contribution is 2.43. The number of ether oxygens (including phenoxy) is 1. The number of hydrogen-bond acceptors (Lipinski definition) is 6. The van der Waals surface area contributed by atoms with Crippen molar-refractivity contribution >= 4 is 22.5 Å². The number of carbonyl (C=O) groups excluding carboxylic acids is 1. The van der Waals surface area contributed by atoms with Gasteiger partial charge in [-0.3, -0.25) is 9.78 Å². The minimum absolute atomic E-state index is 0.0198. The first-order valence-corrected chi connectivity index (χ1v) is 9.65. The molecule has 0 spiro atoms. The first-order chi connectivity index (χ1) is 13.7. The standard InChI is InChI=1S/C22H24N4O2/c1-4-26(5-2)11-10-24-22-20-19(15-8-9-23-13-17(15)21(20)27)16-7-6-14(28-3)12-18(16)25-22/h6-9,12-13H,4-5,10-11H2,1-3H3,(H,24,25). The lowest BCUT2D eigenvalue weighted by molar-refractivity contribution is 0.104. The van der Waals surface area contributed by atoms with E-state index < -0.39 is 0 Å². The molecule has 0 atom stereocenters. The van der Waals surface area contributed by atoms with Crippen LogP contribution in [-0.2, 0) is 0 Å². The average Bonchev–Trinajstić information content (AvgIpc) is 3.04. The predicted molar refractivity (Wildman–Crippen MR) is 111 cm³/mol. The Labute approximate surface area is 164 Å². The van der Waals surface area contributed by atoms with E-state index in [9.17, 15) is 4.79 Å². The van der Waals surface area contributed by atoms with Crippen LogP contribution in [0.2, 0.25) is 0 Å². The average molecular weight is 376 g/mol. The Kier molecular flexibility index (Phi) is 4.96. The number of hydrogen-bond donors (Lipinski definition) is 1. The van der Waals surface area contributed by atoms with E-state index in [-0.39, 0.29) is 5.78 Å². The molecule has 0 radical (unpaired) electrons. The summed E-state index contributed by atoms with van der Waals surface area (Å²) in [5.74, 6) is 1.35. The van der Waals surface area contributed by atoms with Gasteiger partial charge in [0.25, 0.3) is 0 Å². The lowest BCUT2D eigenvalue weighted by atomic mass is 10.0. The summed E-state index contributed by atoms with van der Waals surface area (Å²) in [5, 5.41) is 4.35. The first kappa shape index (κ1) is 18.4. The fraction of sp³-hybridized carbons (Fsp3) is 0.318. The maximum atomic E-state index is 13.1. The number of anilines is 1. The summed E-state index contributed by atoms with van der Waals surface area (Å²) in [6, 6.07) is 7.70. The molecular weight excluding hydrogens is 352 g/mol. The summed E-state index contributed by atoms with van der Waals surface area (Å²) >= 11 is 0. The van der Waals surface area contributed by atoms with Gasteiger partial charge in [-0.05, 0) is 36.9 Å². The molecule has 1 N–H and O–H groups in total. The van der Waals surface area contributed by atoms with E-state index in [1.165, 1.54) is 0 Å². The summed E-state index contributed by atoms with van der Waals surface area (Å²) in [5.41, 5.74) is 3.93. The van der Waals surface area contributed by atoms with Gasteiger partial charge in [-0.25, -0.2) is 4.98 Å². The van der Waals surface area contributed by atoms with E-state index in [1.54, 1.807) is 19.5 Å². The molecular formula is C22H24N4O2. The van der Waals surface area contributed by atoms with Gasteiger partial charge in [0.05, 0.1) is 18.2 Å². The van der Waals surface area contributed by atoms with Crippen molar-refractivity contribution in [3.8, 4) is 16.9 Å². The van der Waals surface area contributed by atoms with Gasteiger partial charge in [-0.15, -0.1) is 0 Å². The summed E-state index contributed by atoms with van der Waals surface area (Å²) in [6.45, 7) is 7.90. The summed E-state index contributed by atoms with van der Waals surface area (Å²) in [7, 11) is 1.64. The van der Waals surface area contributed by atoms with Crippen molar-refractivity contribution in [2.24, 2.45) is 0 Å². The van der Waals surface area contributed by atoms with Crippen LogP contribution in [-0.4, -0.2) is 53.9 Å². The second-order valence-electron chi connectivity index (χ2n) is 6.80. The number of nitrogens with one attached hydrogen (secondary N) is 1. The molecule has 28 heavy (non-hydrogen) atoms. The van der Waals surface area contributed by atoms with Gasteiger partial charge in [0.2, 0.25) is 0 Å². The molecule has 0 fully saturated rings. The lowest BCUT2D eigenvalue weighted by Crippen LogP contribution is -2.29. The second kappa shape index (κ2) is 7.56. The molecule has 0 aliphatic heterocycles. The quantitative estimate of drug-likeness (QED) is 0.532. The highest BCUT2D eigenvalue weighted by atomic mass is 16.5. The molecule has 6 heteroatoms. The number of rotatable bonds is 7. The van der Waals surface area contributed by atoms with E-state index >= 15 is 0 Å². The zero-order valence-electron chi connectivity index (χ0n) is 16.5. The Morgan fingerprint density at radius 1 is 1.11 bits per heavy atom.